The van der Waals surface area contributed by atoms with Crippen molar-refractivity contribution in [2.45, 2.75) is 45.8 Å². The minimum atomic E-state index is -3.29. The summed E-state index contributed by atoms with van der Waals surface area (Å²) in [5, 5.41) is 35.1. The van der Waals surface area contributed by atoms with E-state index in [0.717, 1.165) is 119 Å². The van der Waals surface area contributed by atoms with Crippen molar-refractivity contribution >= 4 is 110 Å². The van der Waals surface area contributed by atoms with E-state index in [1.807, 2.05) is 147 Å². The number of nitrogens with one attached hydrogen (secondary N) is 3. The first-order chi connectivity index (χ1) is 69.4. The van der Waals surface area contributed by atoms with Gasteiger partial charge < -0.3 is 36.2 Å². The maximum Gasteiger partial charge on any atom is 0.267 e. The normalized spacial score (nSPS) is 11.9. The highest BCUT2D eigenvalue weighted by Gasteiger charge is 2.19. The first-order valence-corrected chi connectivity index (χ1v) is 53.3. The maximum absolute atomic E-state index is 12.5. The van der Waals surface area contributed by atoms with Gasteiger partial charge in [-0.3, -0.25) is 19.2 Å². The van der Waals surface area contributed by atoms with E-state index in [4.69, 9.17) is 34.0 Å². The Bertz CT molecular complexity index is 7880. The molecule has 1 aliphatic rings. The number of aromatic amines is 1. The number of rotatable bonds is 28. The summed E-state index contributed by atoms with van der Waals surface area (Å²) in [4.78, 5) is 98.5. The fraction of sp³-hybridized carbons (Fsp3) is 0.196. The van der Waals surface area contributed by atoms with Crippen molar-refractivity contribution in [1.29, 1.82) is 0 Å². The fourth-order valence-electron chi connectivity index (χ4n) is 13.6. The van der Waals surface area contributed by atoms with Gasteiger partial charge in [-0.05, 0) is 119 Å². The van der Waals surface area contributed by atoms with Crippen molar-refractivity contribution in [2.24, 2.45) is 9.98 Å². The Morgan fingerprint density at radius 1 is 0.390 bits per heavy atom. The van der Waals surface area contributed by atoms with Gasteiger partial charge in [-0.2, -0.15) is 20.4 Å². The number of H-pyrrole nitrogens is 1. The van der Waals surface area contributed by atoms with Crippen LogP contribution >= 0.6 is 35.6 Å². The third kappa shape index (κ3) is 33.7. The molecule has 8 aromatic heterocycles. The Morgan fingerprint density at radius 2 is 0.685 bits per heavy atom. The fourth-order valence-corrected chi connectivity index (χ4v) is 16.4. The average Bonchev–Trinajstić information content (AvgIpc) is 0.807. The third-order valence-electron chi connectivity index (χ3n) is 21.0. The SMILES string of the molecule is CN(C)C=Nc1cnc(-c2cccc(CO)c2)nc1.CN(C)C=Nc1cnc(-c2cccc(Cn3nc(-c4ccc(S(C)(=O)=O)cc4)ccc3=O)c2)nc1.CS(=O)(=O)c1ccc(-c2ccc(=O)[nH]n2)cc1.CS(=O)(=O)c1ccc(-c2ccc(=O)n(Cc3cccc(-c4ncc(N)cn4)c3)n2)cc1.CS(=O)(=O)c1ccc(-c2ccc(=O)n(Cc3cccc(-c4ncc(N5CCNCC5)cn4)c3)n2)cc1.Cl.ClCCNCCCl. The quantitative estimate of drug-likeness (QED) is 0.0132. The number of anilines is 2. The summed E-state index contributed by atoms with van der Waals surface area (Å²) in [5.41, 5.74) is 19.5. The van der Waals surface area contributed by atoms with Gasteiger partial charge in [0.2, 0.25) is 0 Å². The van der Waals surface area contributed by atoms with E-state index in [-0.39, 0.29) is 80.5 Å². The van der Waals surface area contributed by atoms with Crippen LogP contribution in [0.2, 0.25) is 0 Å². The van der Waals surface area contributed by atoms with Crippen LogP contribution in [-0.2, 0) is 65.6 Å². The third-order valence-corrected chi connectivity index (χ3v) is 25.9. The summed E-state index contributed by atoms with van der Waals surface area (Å²) < 4.78 is 96.8. The molecule has 756 valence electrons. The molecule has 0 aliphatic carbocycles. The molecule has 146 heavy (non-hydrogen) atoms. The Balaban J connectivity index is 0.000000174. The van der Waals surface area contributed by atoms with Crippen LogP contribution in [0.15, 0.2) is 341 Å². The van der Waals surface area contributed by atoms with Gasteiger partial charge in [0.25, 0.3) is 22.2 Å². The number of alkyl halides is 2. The van der Waals surface area contributed by atoms with E-state index in [0.29, 0.717) is 86.0 Å². The lowest BCUT2D eigenvalue weighted by atomic mass is 10.1. The Labute approximate surface area is 860 Å². The van der Waals surface area contributed by atoms with Crippen LogP contribution in [0.5, 0.6) is 0 Å². The molecular weight excluding hydrogens is 2000 g/mol. The molecule has 1 aliphatic heterocycles. The molecule has 1 saturated heterocycles. The highest BCUT2D eigenvalue weighted by molar-refractivity contribution is 7.91. The lowest BCUT2D eigenvalue weighted by molar-refractivity contribution is 0.282. The summed E-state index contributed by atoms with van der Waals surface area (Å²) in [6, 6.07) is 68.2. The number of aliphatic imine (C=N–C) groups is 2. The minimum absolute atomic E-state index is 0. The molecule has 0 bridgehead atoms. The topological polar surface area (TPSA) is 495 Å². The number of aliphatic hydroxyl groups is 1. The molecule has 8 aromatic carbocycles. The molecule has 0 unspecified atom stereocenters. The van der Waals surface area contributed by atoms with E-state index in [1.165, 1.54) is 81.0 Å². The Kier molecular flexibility index (Phi) is 40.2. The second kappa shape index (κ2) is 52.8. The van der Waals surface area contributed by atoms with E-state index in [1.54, 1.807) is 135 Å². The molecular formula is C102H105Cl3N24O13S4. The van der Waals surface area contributed by atoms with Gasteiger partial charge >= 0.3 is 0 Å². The molecule has 1 fully saturated rings. The first-order valence-electron chi connectivity index (χ1n) is 44.7. The predicted molar refractivity (Wildman–Crippen MR) is 572 cm³/mol. The molecule has 0 radical (unpaired) electrons. The zero-order chi connectivity index (χ0) is 104. The zero-order valence-electron chi connectivity index (χ0n) is 80.5. The smallest absolute Gasteiger partial charge is 0.267 e. The van der Waals surface area contributed by atoms with Gasteiger partial charge in [-0.25, -0.2) is 103 Å². The van der Waals surface area contributed by atoms with Crippen molar-refractivity contribution in [2.75, 3.05) is 115 Å². The number of halogens is 3. The van der Waals surface area contributed by atoms with Gasteiger partial charge in [0.15, 0.2) is 62.6 Å². The summed E-state index contributed by atoms with van der Waals surface area (Å²) in [6.07, 6.45) is 21.5. The minimum Gasteiger partial charge on any atom is -0.396 e. The summed E-state index contributed by atoms with van der Waals surface area (Å²) in [5.74, 6) is 3.66. The molecule has 6 N–H and O–H groups in total. The van der Waals surface area contributed by atoms with Crippen LogP contribution in [0.1, 0.15) is 22.3 Å². The Morgan fingerprint density at radius 3 is 0.979 bits per heavy atom. The van der Waals surface area contributed by atoms with Gasteiger partial charge in [-0.1, -0.05) is 121 Å². The summed E-state index contributed by atoms with van der Waals surface area (Å²) >= 11 is 10.7. The molecule has 0 amide bonds. The maximum atomic E-state index is 12.5. The van der Waals surface area contributed by atoms with Gasteiger partial charge in [0.1, 0.15) is 11.4 Å². The predicted octanol–water partition coefficient (Wildman–Crippen LogP) is 11.8. The van der Waals surface area contributed by atoms with Crippen molar-refractivity contribution < 1.29 is 38.8 Å². The van der Waals surface area contributed by atoms with Crippen molar-refractivity contribution in [3.8, 4) is 90.6 Å². The van der Waals surface area contributed by atoms with Gasteiger partial charge in [-0.15, -0.1) is 35.6 Å². The second-order valence-electron chi connectivity index (χ2n) is 33.0. The number of piperazine rings is 1. The largest absolute Gasteiger partial charge is 0.396 e. The van der Waals surface area contributed by atoms with Crippen LogP contribution in [0.3, 0.4) is 0 Å². The van der Waals surface area contributed by atoms with Crippen LogP contribution < -0.4 is 43.5 Å². The Hall–Kier alpha value is -15.3. The van der Waals surface area contributed by atoms with Crippen LogP contribution in [0.25, 0.3) is 90.6 Å². The number of aliphatic hydroxyl groups excluding tert-OH is 1. The molecule has 44 heteroatoms. The number of benzene rings is 8. The van der Waals surface area contributed by atoms with Crippen LogP contribution in [-0.4, -0.2) is 245 Å². The van der Waals surface area contributed by atoms with E-state index in [2.05, 4.69) is 90.9 Å². The highest BCUT2D eigenvalue weighted by atomic mass is 35.5. The number of aromatic nitrogens is 16. The van der Waals surface area contributed by atoms with E-state index >= 15 is 0 Å². The molecule has 0 saturated carbocycles. The number of nitrogen functional groups attached to an aromatic ring is 1. The first kappa shape index (κ1) is 111. The number of nitrogens with zero attached hydrogens (tertiary/aromatic N) is 20. The molecule has 37 nitrogen and oxygen atoms in total. The summed E-state index contributed by atoms with van der Waals surface area (Å²) in [7, 11) is -5.47. The van der Waals surface area contributed by atoms with Crippen molar-refractivity contribution in [3.63, 3.8) is 0 Å². The average molecular weight is 2110 g/mol. The monoisotopic (exact) mass is 2110 g/mol. The van der Waals surface area contributed by atoms with E-state index < -0.39 is 39.3 Å². The van der Waals surface area contributed by atoms with Gasteiger partial charge in [0.05, 0.1) is 142 Å². The van der Waals surface area contributed by atoms with Crippen molar-refractivity contribution in [1.82, 2.24) is 99.8 Å². The van der Waals surface area contributed by atoms with Gasteiger partial charge in [0, 0.05) is 173 Å². The highest BCUT2D eigenvalue weighted by Crippen LogP contribution is 2.28. The standard InChI is InChI=1S/C26H26N6O3S.C25H24N6O3S.C22H19N5O3S.C14H16N4O.C11H10N2O3S.C4H9Cl2N.ClH/c1-36(34,35)23-7-5-20(6-8-23)24-9-10-25(33)32(30-24)18-19-3-2-4-21(15-19)26-28-16-22(17-29-26)31-13-11-27-12-14-31;1-30(2)17-28-21-14-26-25(27-15-21)20-6-4-5-18(13-20)16-31-24(32)12-11-23(29-31)19-7-9-22(10-8-19)35(3,33)34;1-31(29,30)19-7-5-16(6-8-19)20-9-10-21(28)27(26-20)14-15-3-2-4-17(11-15)22-24-12-18(23)13-25-22;1-18(2)10-17-13-7-15-14(16-8-13)12-5-3-4-11(6-12)9-19;1-17(15,16)9-4-2-8(3-5-9)10-6-7-11(14)13-12-10;5-1-3-7-4-2-6;/h2-10,15-17,27H,11-14,18H2,1H3;4-15,17H,16H2,1-3H3;2-13H,14,23H2,1H3;3-8,10,19H,9H2,1-2H3;2-7H,1H3,(H,13,14);7H,1-4H2;1H. The van der Waals surface area contributed by atoms with Crippen LogP contribution in [0.4, 0.5) is 22.7 Å². The number of hydrogen-bond acceptors (Lipinski definition) is 31. The second-order valence-corrected chi connectivity index (χ2v) is 41.8. The van der Waals surface area contributed by atoms with E-state index in [9.17, 15) is 52.8 Å². The molecule has 9 heterocycles. The number of nitrogens with two attached hydrogens (primary N) is 1. The molecule has 16 aromatic rings. The zero-order valence-corrected chi connectivity index (χ0v) is 86.1. The van der Waals surface area contributed by atoms with Crippen LogP contribution in [0, 0.1) is 0 Å². The molecule has 17 rings (SSSR count). The summed E-state index contributed by atoms with van der Waals surface area (Å²) in [6.45, 7) is 6.28. The number of hydrogen-bond donors (Lipinski definition) is 5. The lowest BCUT2D eigenvalue weighted by Crippen LogP contribution is -2.43. The van der Waals surface area contributed by atoms with Crippen molar-refractivity contribution in [3.05, 3.63) is 356 Å². The molecule has 0 spiro atoms. The lowest BCUT2D eigenvalue weighted by Gasteiger charge is -2.28. The molecule has 0 atom stereocenters. The number of sulfone groups is 4.